The predicted octanol–water partition coefficient (Wildman–Crippen LogP) is 1.38. The highest BCUT2D eigenvalue weighted by atomic mass is 19.2. The Morgan fingerprint density at radius 3 is 2.75 bits per heavy atom. The van der Waals surface area contributed by atoms with Gasteiger partial charge in [0.25, 0.3) is 0 Å². The van der Waals surface area contributed by atoms with Crippen LogP contribution in [-0.4, -0.2) is 31.1 Å². The zero-order chi connectivity index (χ0) is 14.8. The fourth-order valence-corrected chi connectivity index (χ4v) is 2.08. The molecule has 0 bridgehead atoms. The first-order valence-electron chi connectivity index (χ1n) is 6.30. The molecule has 20 heavy (non-hydrogen) atoms. The maximum Gasteiger partial charge on any atom is 0.238 e. The van der Waals surface area contributed by atoms with Gasteiger partial charge in [-0.15, -0.1) is 0 Å². The predicted molar refractivity (Wildman–Crippen MR) is 68.8 cm³/mol. The topological polar surface area (TPSA) is 53.2 Å². The normalized spacial score (nSPS) is 22.0. The Hall–Kier alpha value is -1.60. The van der Waals surface area contributed by atoms with Gasteiger partial charge in [0.05, 0.1) is 12.2 Å². The van der Waals surface area contributed by atoms with E-state index in [2.05, 4.69) is 16.0 Å². The molecular formula is C13H16F3N3O. The van der Waals surface area contributed by atoms with E-state index in [-0.39, 0.29) is 17.8 Å². The number of carbonyl (C=O) groups is 1. The highest BCUT2D eigenvalue weighted by Crippen LogP contribution is 2.19. The maximum atomic E-state index is 13.4. The van der Waals surface area contributed by atoms with Crippen LogP contribution in [0, 0.1) is 17.5 Å². The molecule has 0 aliphatic carbocycles. The van der Waals surface area contributed by atoms with Gasteiger partial charge in [0, 0.05) is 12.1 Å². The van der Waals surface area contributed by atoms with E-state index in [1.807, 2.05) is 6.92 Å². The third-order valence-corrected chi connectivity index (χ3v) is 3.35. The van der Waals surface area contributed by atoms with E-state index in [4.69, 9.17) is 0 Å². The lowest BCUT2D eigenvalue weighted by atomic mass is 10.0. The molecule has 1 atom stereocenters. The molecule has 1 heterocycles. The van der Waals surface area contributed by atoms with Crippen LogP contribution in [0.1, 0.15) is 13.3 Å². The molecule has 3 N–H and O–H groups in total. The van der Waals surface area contributed by atoms with Gasteiger partial charge in [0.15, 0.2) is 17.5 Å². The molecule has 1 aliphatic rings. The van der Waals surface area contributed by atoms with Crippen molar-refractivity contribution in [3.05, 3.63) is 29.6 Å². The molecular weight excluding hydrogens is 271 g/mol. The van der Waals surface area contributed by atoms with Gasteiger partial charge in [-0.25, -0.2) is 13.2 Å². The molecule has 2 rings (SSSR count). The fourth-order valence-electron chi connectivity index (χ4n) is 2.08. The lowest BCUT2D eigenvalue weighted by Crippen LogP contribution is -2.47. The van der Waals surface area contributed by atoms with Gasteiger partial charge >= 0.3 is 0 Å². The number of halogens is 3. The first-order chi connectivity index (χ1) is 9.41. The second kappa shape index (κ2) is 5.80. The molecule has 4 nitrogen and oxygen atoms in total. The third-order valence-electron chi connectivity index (χ3n) is 3.35. The molecule has 110 valence electrons. The van der Waals surface area contributed by atoms with Gasteiger partial charge in [-0.1, -0.05) is 0 Å². The molecule has 0 saturated carbocycles. The van der Waals surface area contributed by atoms with Gasteiger partial charge in [0.1, 0.15) is 0 Å². The van der Waals surface area contributed by atoms with Crippen LogP contribution in [0.5, 0.6) is 0 Å². The van der Waals surface area contributed by atoms with Gasteiger partial charge in [0.2, 0.25) is 5.91 Å². The van der Waals surface area contributed by atoms with Crippen molar-refractivity contribution in [1.29, 1.82) is 0 Å². The average molecular weight is 287 g/mol. The van der Waals surface area contributed by atoms with E-state index in [0.717, 1.165) is 31.6 Å². The summed E-state index contributed by atoms with van der Waals surface area (Å²) in [6, 6.07) is 1.76. The number of amides is 1. The highest BCUT2D eigenvalue weighted by Gasteiger charge is 2.28. The van der Waals surface area contributed by atoms with Crippen LogP contribution in [0.4, 0.5) is 18.9 Å². The van der Waals surface area contributed by atoms with Crippen molar-refractivity contribution < 1.29 is 18.0 Å². The number of nitrogens with one attached hydrogen (secondary N) is 3. The minimum Gasteiger partial charge on any atom is -0.322 e. The molecule has 7 heteroatoms. The molecule has 0 spiro atoms. The van der Waals surface area contributed by atoms with Gasteiger partial charge in [-0.2, -0.15) is 0 Å². The maximum absolute atomic E-state index is 13.4. The largest absolute Gasteiger partial charge is 0.322 e. The number of rotatable bonds is 4. The summed E-state index contributed by atoms with van der Waals surface area (Å²) in [5.41, 5.74) is -0.561. The smallest absolute Gasteiger partial charge is 0.238 e. The van der Waals surface area contributed by atoms with Crippen molar-refractivity contribution in [1.82, 2.24) is 10.6 Å². The number of hydrogen-bond acceptors (Lipinski definition) is 3. The summed E-state index contributed by atoms with van der Waals surface area (Å²) in [4.78, 5) is 11.7. The first kappa shape index (κ1) is 14.8. The molecule has 1 saturated heterocycles. The molecule has 0 radical (unpaired) electrons. The number of benzene rings is 1. The zero-order valence-electron chi connectivity index (χ0n) is 11.0. The molecule has 1 unspecified atom stereocenters. The van der Waals surface area contributed by atoms with Crippen LogP contribution >= 0.6 is 0 Å². The van der Waals surface area contributed by atoms with Crippen molar-refractivity contribution >= 4 is 11.6 Å². The Labute approximate surface area is 114 Å². The summed E-state index contributed by atoms with van der Waals surface area (Å²) >= 11 is 0. The van der Waals surface area contributed by atoms with Crippen LogP contribution in [0.15, 0.2) is 12.1 Å². The Kier molecular flexibility index (Phi) is 4.29. The monoisotopic (exact) mass is 287 g/mol. The van der Waals surface area contributed by atoms with Crippen molar-refractivity contribution in [3.8, 4) is 0 Å². The lowest BCUT2D eigenvalue weighted by Gasteiger charge is -2.24. The summed E-state index contributed by atoms with van der Waals surface area (Å²) in [5, 5.41) is 8.44. The van der Waals surface area contributed by atoms with Crippen molar-refractivity contribution in [2.24, 2.45) is 0 Å². The quantitative estimate of drug-likeness (QED) is 0.733. The summed E-state index contributed by atoms with van der Waals surface area (Å²) in [7, 11) is 0. The molecule has 0 aromatic heterocycles. The van der Waals surface area contributed by atoms with Crippen molar-refractivity contribution in [3.63, 3.8) is 0 Å². The van der Waals surface area contributed by atoms with Crippen LogP contribution in [0.3, 0.4) is 0 Å². The summed E-state index contributed by atoms with van der Waals surface area (Å²) in [6.07, 6.45) is 0.875. The number of anilines is 1. The number of hydrogen-bond donors (Lipinski definition) is 3. The summed E-state index contributed by atoms with van der Waals surface area (Å²) < 4.78 is 39.1. The standard InChI is InChI=1S/C13H16F3N3O/c1-13(4-5-17-7-13)18-6-10(20)19-9-3-2-8(14)11(15)12(9)16/h2-3,17-18H,4-7H2,1H3,(H,19,20). The second-order valence-electron chi connectivity index (χ2n) is 5.11. The van der Waals surface area contributed by atoms with Crippen LogP contribution in [0.25, 0.3) is 0 Å². The van der Waals surface area contributed by atoms with Gasteiger partial charge in [-0.05, 0) is 32.0 Å². The second-order valence-corrected chi connectivity index (χ2v) is 5.11. The molecule has 1 amide bonds. The minimum absolute atomic E-state index is 0.0311. The molecule has 1 aliphatic heterocycles. The third kappa shape index (κ3) is 3.29. The summed E-state index contributed by atoms with van der Waals surface area (Å²) in [6.45, 7) is 3.54. The highest BCUT2D eigenvalue weighted by molar-refractivity contribution is 5.92. The van der Waals surface area contributed by atoms with E-state index < -0.39 is 23.4 Å². The van der Waals surface area contributed by atoms with Crippen molar-refractivity contribution in [2.75, 3.05) is 25.0 Å². The minimum atomic E-state index is -1.59. The van der Waals surface area contributed by atoms with E-state index in [0.29, 0.717) is 0 Å². The fraction of sp³-hybridized carbons (Fsp3) is 0.462. The van der Waals surface area contributed by atoms with Crippen molar-refractivity contribution in [2.45, 2.75) is 18.9 Å². The number of carbonyl (C=O) groups excluding carboxylic acids is 1. The van der Waals surface area contributed by atoms with E-state index in [9.17, 15) is 18.0 Å². The zero-order valence-corrected chi connectivity index (χ0v) is 11.0. The Morgan fingerprint density at radius 1 is 1.35 bits per heavy atom. The van der Waals surface area contributed by atoms with E-state index >= 15 is 0 Å². The first-order valence-corrected chi connectivity index (χ1v) is 6.30. The lowest BCUT2D eigenvalue weighted by molar-refractivity contribution is -0.115. The Bertz CT molecular complexity index is 516. The van der Waals surface area contributed by atoms with Crippen LogP contribution in [-0.2, 0) is 4.79 Å². The average Bonchev–Trinajstić information content (AvgIpc) is 2.85. The molecule has 1 fully saturated rings. The van der Waals surface area contributed by atoms with E-state index in [1.54, 1.807) is 0 Å². The molecule has 1 aromatic rings. The van der Waals surface area contributed by atoms with Crippen LogP contribution in [0.2, 0.25) is 0 Å². The molecule has 1 aromatic carbocycles. The SMILES string of the molecule is CC1(NCC(=O)Nc2ccc(F)c(F)c2F)CCNC1. The van der Waals surface area contributed by atoms with Gasteiger partial charge in [-0.3, -0.25) is 4.79 Å². The van der Waals surface area contributed by atoms with E-state index in [1.165, 1.54) is 0 Å². The van der Waals surface area contributed by atoms with Gasteiger partial charge < -0.3 is 16.0 Å². The summed E-state index contributed by atoms with van der Waals surface area (Å²) in [5.74, 6) is -4.79. The Morgan fingerprint density at radius 2 is 2.10 bits per heavy atom. The Balaban J connectivity index is 1.93. The van der Waals surface area contributed by atoms with Crippen LogP contribution < -0.4 is 16.0 Å².